The lowest BCUT2D eigenvalue weighted by Crippen LogP contribution is -2.37. The second kappa shape index (κ2) is 6.40. The Morgan fingerprint density at radius 2 is 1.78 bits per heavy atom. The van der Waals surface area contributed by atoms with Gasteiger partial charge in [0.05, 0.1) is 17.7 Å². The molecule has 2 heterocycles. The van der Waals surface area contributed by atoms with Crippen molar-refractivity contribution in [2.45, 2.75) is 6.42 Å². The zero-order valence-electron chi connectivity index (χ0n) is 13.3. The summed E-state index contributed by atoms with van der Waals surface area (Å²) in [6.45, 7) is 3.64. The number of nitrogens with zero attached hydrogens (tertiary/aromatic N) is 4. The summed E-state index contributed by atoms with van der Waals surface area (Å²) in [6, 6.07) is 11.3. The zero-order chi connectivity index (χ0) is 16.4. The predicted molar refractivity (Wildman–Crippen MR) is 85.0 cm³/mol. The molecule has 0 spiro atoms. The Balaban J connectivity index is 1.63. The fourth-order valence-electron chi connectivity index (χ4n) is 3.77. The third-order valence-electron chi connectivity index (χ3n) is 4.96. The molecule has 2 aliphatic heterocycles. The molecule has 0 saturated carbocycles. The first-order valence-corrected chi connectivity index (χ1v) is 7.96. The number of carbonyl (C=O) groups is 1. The average Bonchev–Trinajstić information content (AvgIpc) is 3.09. The molecule has 0 aromatic heterocycles. The predicted octanol–water partition coefficient (Wildman–Crippen LogP) is 1.26. The highest BCUT2D eigenvalue weighted by Crippen LogP contribution is 2.31. The van der Waals surface area contributed by atoms with Gasteiger partial charge in [0.2, 0.25) is 5.91 Å². The Bertz CT molecular complexity index is 656. The van der Waals surface area contributed by atoms with E-state index in [2.05, 4.69) is 24.1 Å². The lowest BCUT2D eigenvalue weighted by atomic mass is 9.98. The van der Waals surface area contributed by atoms with Crippen LogP contribution in [0.25, 0.3) is 0 Å². The van der Waals surface area contributed by atoms with Crippen LogP contribution < -0.4 is 0 Å². The summed E-state index contributed by atoms with van der Waals surface area (Å²) in [6.07, 6.45) is 0.410. The molecule has 5 heteroatoms. The Labute approximate surface area is 136 Å². The molecule has 5 nitrogen and oxygen atoms in total. The van der Waals surface area contributed by atoms with E-state index >= 15 is 0 Å². The van der Waals surface area contributed by atoms with Gasteiger partial charge in [0, 0.05) is 26.2 Å². The highest BCUT2D eigenvalue weighted by Gasteiger charge is 2.41. The van der Waals surface area contributed by atoms with Crippen LogP contribution in [0.4, 0.5) is 0 Å². The van der Waals surface area contributed by atoms with Crippen molar-refractivity contribution in [2.75, 3.05) is 33.2 Å². The summed E-state index contributed by atoms with van der Waals surface area (Å²) in [5.74, 6) is 0.421. The third-order valence-corrected chi connectivity index (χ3v) is 4.96. The second-order valence-corrected chi connectivity index (χ2v) is 6.68. The fraction of sp³-hybridized carbons (Fsp3) is 0.500. The van der Waals surface area contributed by atoms with Gasteiger partial charge in [0.25, 0.3) is 0 Å². The van der Waals surface area contributed by atoms with Crippen LogP contribution in [0.2, 0.25) is 0 Å². The molecule has 0 bridgehead atoms. The van der Waals surface area contributed by atoms with Crippen LogP contribution in [0.3, 0.4) is 0 Å². The number of hydrogen-bond donors (Lipinski definition) is 0. The van der Waals surface area contributed by atoms with Gasteiger partial charge in [-0.3, -0.25) is 4.79 Å². The lowest BCUT2D eigenvalue weighted by Gasteiger charge is -2.21. The SMILES string of the molecule is CN1C[C@@H]2CN(C(=O)C(C#N)Cc3ccc(C#N)cc3)C[C@@H]2C1. The normalized spacial score (nSPS) is 24.7. The minimum absolute atomic E-state index is 0.0473. The average molecular weight is 308 g/mol. The first-order chi connectivity index (χ1) is 11.1. The van der Waals surface area contributed by atoms with E-state index in [1.165, 1.54) is 0 Å². The molecule has 2 aliphatic rings. The van der Waals surface area contributed by atoms with E-state index in [0.29, 0.717) is 23.8 Å². The molecule has 1 unspecified atom stereocenters. The molecule has 2 fully saturated rings. The van der Waals surface area contributed by atoms with Crippen LogP contribution >= 0.6 is 0 Å². The second-order valence-electron chi connectivity index (χ2n) is 6.68. The van der Waals surface area contributed by atoms with Gasteiger partial charge in [-0.2, -0.15) is 10.5 Å². The van der Waals surface area contributed by atoms with Gasteiger partial charge in [0.15, 0.2) is 0 Å². The fourth-order valence-corrected chi connectivity index (χ4v) is 3.77. The Morgan fingerprint density at radius 1 is 1.17 bits per heavy atom. The van der Waals surface area contributed by atoms with Gasteiger partial charge >= 0.3 is 0 Å². The van der Waals surface area contributed by atoms with Crippen molar-refractivity contribution in [1.82, 2.24) is 9.80 Å². The summed E-state index contributed by atoms with van der Waals surface area (Å²) < 4.78 is 0. The van der Waals surface area contributed by atoms with E-state index in [0.717, 1.165) is 31.7 Å². The zero-order valence-corrected chi connectivity index (χ0v) is 13.3. The molecule has 0 N–H and O–H groups in total. The summed E-state index contributed by atoms with van der Waals surface area (Å²) in [4.78, 5) is 16.8. The Kier molecular flexibility index (Phi) is 4.32. The van der Waals surface area contributed by atoms with Gasteiger partial charge in [-0.05, 0) is 43.0 Å². The molecular formula is C18H20N4O. The van der Waals surface area contributed by atoms with Crippen molar-refractivity contribution in [2.24, 2.45) is 17.8 Å². The number of hydrogen-bond acceptors (Lipinski definition) is 4. The highest BCUT2D eigenvalue weighted by molar-refractivity contribution is 5.82. The lowest BCUT2D eigenvalue weighted by molar-refractivity contribution is -0.133. The summed E-state index contributed by atoms with van der Waals surface area (Å²) in [7, 11) is 2.12. The van der Waals surface area contributed by atoms with E-state index in [1.807, 2.05) is 17.0 Å². The number of fused-ring (bicyclic) bond motifs is 1. The maximum atomic E-state index is 12.7. The minimum atomic E-state index is -0.639. The molecule has 23 heavy (non-hydrogen) atoms. The number of benzene rings is 1. The van der Waals surface area contributed by atoms with Crippen molar-refractivity contribution in [1.29, 1.82) is 10.5 Å². The third kappa shape index (κ3) is 3.21. The topological polar surface area (TPSA) is 71.1 Å². The van der Waals surface area contributed by atoms with E-state index in [-0.39, 0.29) is 5.91 Å². The van der Waals surface area contributed by atoms with Crippen LogP contribution in [0.1, 0.15) is 11.1 Å². The van der Waals surface area contributed by atoms with E-state index < -0.39 is 5.92 Å². The number of rotatable bonds is 3. The quantitative estimate of drug-likeness (QED) is 0.843. The first-order valence-electron chi connectivity index (χ1n) is 7.96. The Hall–Kier alpha value is -2.37. The largest absolute Gasteiger partial charge is 0.341 e. The monoisotopic (exact) mass is 308 g/mol. The van der Waals surface area contributed by atoms with Crippen molar-refractivity contribution < 1.29 is 4.79 Å². The van der Waals surface area contributed by atoms with Crippen LogP contribution in [-0.2, 0) is 11.2 Å². The maximum absolute atomic E-state index is 12.7. The molecule has 3 rings (SSSR count). The van der Waals surface area contributed by atoms with Gasteiger partial charge in [-0.25, -0.2) is 0 Å². The molecule has 118 valence electrons. The first kappa shape index (κ1) is 15.5. The van der Waals surface area contributed by atoms with Gasteiger partial charge in [-0.15, -0.1) is 0 Å². The molecular weight excluding hydrogens is 288 g/mol. The van der Waals surface area contributed by atoms with E-state index in [4.69, 9.17) is 5.26 Å². The molecule has 0 radical (unpaired) electrons. The number of nitriles is 2. The number of carbonyl (C=O) groups excluding carboxylic acids is 1. The minimum Gasteiger partial charge on any atom is -0.341 e. The Morgan fingerprint density at radius 3 is 2.30 bits per heavy atom. The maximum Gasteiger partial charge on any atom is 0.240 e. The smallest absolute Gasteiger partial charge is 0.240 e. The van der Waals surface area contributed by atoms with Crippen LogP contribution in [0.15, 0.2) is 24.3 Å². The van der Waals surface area contributed by atoms with Crippen LogP contribution in [0, 0.1) is 40.4 Å². The van der Waals surface area contributed by atoms with E-state index in [9.17, 15) is 10.1 Å². The van der Waals surface area contributed by atoms with Gasteiger partial charge in [0.1, 0.15) is 5.92 Å². The van der Waals surface area contributed by atoms with Crippen molar-refractivity contribution in [3.05, 3.63) is 35.4 Å². The van der Waals surface area contributed by atoms with Crippen LogP contribution in [-0.4, -0.2) is 48.9 Å². The summed E-state index contributed by atoms with van der Waals surface area (Å²) >= 11 is 0. The molecule has 1 aromatic carbocycles. The molecule has 2 saturated heterocycles. The van der Waals surface area contributed by atoms with E-state index in [1.54, 1.807) is 12.1 Å². The molecule has 3 atom stereocenters. The number of likely N-dealkylation sites (tertiary alicyclic amines) is 2. The number of amides is 1. The molecule has 1 aromatic rings. The molecule has 0 aliphatic carbocycles. The van der Waals surface area contributed by atoms with Gasteiger partial charge < -0.3 is 9.80 Å². The highest BCUT2D eigenvalue weighted by atomic mass is 16.2. The molecule has 1 amide bonds. The standard InChI is InChI=1S/C18H20N4O/c1-21-9-16-11-22(12-17(16)10-21)18(23)15(8-20)6-13-2-4-14(7-19)5-3-13/h2-5,15-17H,6,9-12H2,1H3/t15?,16-,17+. The van der Waals surface area contributed by atoms with Crippen LogP contribution in [0.5, 0.6) is 0 Å². The van der Waals surface area contributed by atoms with Crippen molar-refractivity contribution in [3.63, 3.8) is 0 Å². The van der Waals surface area contributed by atoms with Crippen molar-refractivity contribution in [3.8, 4) is 12.1 Å². The van der Waals surface area contributed by atoms with Crippen molar-refractivity contribution >= 4 is 5.91 Å². The summed E-state index contributed by atoms with van der Waals surface area (Å²) in [5.41, 5.74) is 1.51. The van der Waals surface area contributed by atoms with Gasteiger partial charge in [-0.1, -0.05) is 12.1 Å². The summed E-state index contributed by atoms with van der Waals surface area (Å²) in [5, 5.41) is 18.2.